The van der Waals surface area contributed by atoms with Gasteiger partial charge in [0.1, 0.15) is 17.1 Å². The Hall–Kier alpha value is -2.14. The van der Waals surface area contributed by atoms with Gasteiger partial charge in [0.15, 0.2) is 5.78 Å². The fourth-order valence-electron chi connectivity index (χ4n) is 1.80. The number of rotatable bonds is 5. The van der Waals surface area contributed by atoms with Crippen molar-refractivity contribution in [3.05, 3.63) is 58.1 Å². The smallest absolute Gasteiger partial charge is 0.339 e. The summed E-state index contributed by atoms with van der Waals surface area (Å²) >= 11 is 3.28. The van der Waals surface area contributed by atoms with E-state index >= 15 is 0 Å². The first-order valence-corrected chi connectivity index (χ1v) is 7.14. The van der Waals surface area contributed by atoms with E-state index in [1.165, 1.54) is 6.07 Å². The lowest BCUT2D eigenvalue weighted by atomic mass is 10.1. The summed E-state index contributed by atoms with van der Waals surface area (Å²) in [7, 11) is 0. The van der Waals surface area contributed by atoms with Gasteiger partial charge in [0.2, 0.25) is 0 Å². The lowest BCUT2D eigenvalue weighted by Gasteiger charge is -2.09. The third kappa shape index (κ3) is 3.70. The second-order valence-corrected chi connectivity index (χ2v) is 5.26. The molecule has 0 aliphatic rings. The van der Waals surface area contributed by atoms with Crippen molar-refractivity contribution in [3.8, 4) is 11.5 Å². The van der Waals surface area contributed by atoms with Crippen molar-refractivity contribution in [2.24, 2.45) is 0 Å². The van der Waals surface area contributed by atoms with Crippen molar-refractivity contribution < 1.29 is 19.4 Å². The lowest BCUT2D eigenvalue weighted by molar-refractivity contribution is 0.0694. The van der Waals surface area contributed by atoms with Gasteiger partial charge < -0.3 is 9.84 Å². The van der Waals surface area contributed by atoms with E-state index in [1.807, 2.05) is 0 Å². The number of halogens is 1. The third-order valence-corrected chi connectivity index (χ3v) is 3.39. The fourth-order valence-corrected chi connectivity index (χ4v) is 2.14. The first-order valence-electron chi connectivity index (χ1n) is 6.35. The maximum Gasteiger partial charge on any atom is 0.339 e. The Balaban J connectivity index is 2.28. The summed E-state index contributed by atoms with van der Waals surface area (Å²) in [4.78, 5) is 22.7. The maximum atomic E-state index is 11.5. The molecule has 4 nitrogen and oxygen atoms in total. The Kier molecular flexibility index (Phi) is 4.75. The van der Waals surface area contributed by atoms with E-state index in [2.05, 4.69) is 15.9 Å². The molecule has 0 atom stereocenters. The SMILES string of the molecule is CCC(=O)c1ccc(Oc2cc(Br)ccc2C(=O)O)cc1. The molecule has 0 saturated carbocycles. The number of carbonyl (C=O) groups is 2. The summed E-state index contributed by atoms with van der Waals surface area (Å²) in [5, 5.41) is 9.14. The quantitative estimate of drug-likeness (QED) is 0.806. The zero-order valence-electron chi connectivity index (χ0n) is 11.3. The number of carboxylic acid groups (broad SMARTS) is 1. The molecule has 0 heterocycles. The van der Waals surface area contributed by atoms with Crippen LogP contribution in [0.25, 0.3) is 0 Å². The first kappa shape index (κ1) is 15.3. The summed E-state index contributed by atoms with van der Waals surface area (Å²) < 4.78 is 6.32. The molecule has 0 saturated heterocycles. The molecule has 0 radical (unpaired) electrons. The molecule has 0 aliphatic heterocycles. The molecule has 2 rings (SSSR count). The third-order valence-electron chi connectivity index (χ3n) is 2.90. The van der Waals surface area contributed by atoms with Crippen LogP contribution in [0.5, 0.6) is 11.5 Å². The Morgan fingerprint density at radius 1 is 1.14 bits per heavy atom. The van der Waals surface area contributed by atoms with Gasteiger partial charge in [0.05, 0.1) is 0 Å². The van der Waals surface area contributed by atoms with Gasteiger partial charge in [-0.25, -0.2) is 4.79 Å². The van der Waals surface area contributed by atoms with Crippen molar-refractivity contribution in [2.45, 2.75) is 13.3 Å². The number of carbonyl (C=O) groups excluding carboxylic acids is 1. The van der Waals surface area contributed by atoms with Crippen LogP contribution in [0.15, 0.2) is 46.9 Å². The Morgan fingerprint density at radius 3 is 2.38 bits per heavy atom. The standard InChI is InChI=1S/C16H13BrO4/c1-2-14(18)10-3-6-12(7-4-10)21-15-9-11(17)5-8-13(15)16(19)20/h3-9H,2H2,1H3,(H,19,20). The van der Waals surface area contributed by atoms with Gasteiger partial charge in [-0.2, -0.15) is 0 Å². The Morgan fingerprint density at radius 2 is 1.81 bits per heavy atom. The van der Waals surface area contributed by atoms with Crippen molar-refractivity contribution >= 4 is 27.7 Å². The summed E-state index contributed by atoms with van der Waals surface area (Å²) in [6.45, 7) is 1.80. The second kappa shape index (κ2) is 6.54. The molecule has 0 spiro atoms. The molecule has 0 amide bonds. The van der Waals surface area contributed by atoms with Crippen LogP contribution in [-0.4, -0.2) is 16.9 Å². The van der Waals surface area contributed by atoms with Crippen molar-refractivity contribution in [3.63, 3.8) is 0 Å². The molecule has 1 N–H and O–H groups in total. The van der Waals surface area contributed by atoms with Crippen molar-refractivity contribution in [1.29, 1.82) is 0 Å². The number of aromatic carboxylic acids is 1. The predicted molar refractivity (Wildman–Crippen MR) is 82.2 cm³/mol. The molecule has 0 aliphatic carbocycles. The van der Waals surface area contributed by atoms with Crippen LogP contribution < -0.4 is 4.74 Å². The molecule has 0 fully saturated rings. The van der Waals surface area contributed by atoms with Gasteiger partial charge in [-0.05, 0) is 42.5 Å². The van der Waals surface area contributed by atoms with Gasteiger partial charge in [-0.15, -0.1) is 0 Å². The van der Waals surface area contributed by atoms with Gasteiger partial charge >= 0.3 is 5.97 Å². The number of hydrogen-bond acceptors (Lipinski definition) is 3. The van der Waals surface area contributed by atoms with Gasteiger partial charge in [-0.1, -0.05) is 22.9 Å². The lowest BCUT2D eigenvalue weighted by Crippen LogP contribution is -2.00. The molecule has 0 bridgehead atoms. The number of benzene rings is 2. The summed E-state index contributed by atoms with van der Waals surface area (Å²) in [6, 6.07) is 11.3. The van der Waals surface area contributed by atoms with Gasteiger partial charge in [-0.3, -0.25) is 4.79 Å². The van der Waals surface area contributed by atoms with E-state index in [1.54, 1.807) is 43.3 Å². The minimum atomic E-state index is -1.06. The maximum absolute atomic E-state index is 11.5. The van der Waals surface area contributed by atoms with Crippen LogP contribution in [0.2, 0.25) is 0 Å². The number of Topliss-reactive ketones (excluding diaryl/α,β-unsaturated/α-hetero) is 1. The summed E-state index contributed by atoms with van der Waals surface area (Å²) in [5.41, 5.74) is 0.685. The zero-order valence-corrected chi connectivity index (χ0v) is 12.9. The van der Waals surface area contributed by atoms with Crippen LogP contribution in [0.4, 0.5) is 0 Å². The predicted octanol–water partition coefficient (Wildman–Crippen LogP) is 4.53. The van der Waals surface area contributed by atoms with Crippen molar-refractivity contribution in [1.82, 2.24) is 0 Å². The second-order valence-electron chi connectivity index (χ2n) is 4.35. The zero-order chi connectivity index (χ0) is 15.4. The summed E-state index contributed by atoms with van der Waals surface area (Å²) in [5.74, 6) is -0.291. The highest BCUT2D eigenvalue weighted by Crippen LogP contribution is 2.29. The van der Waals surface area contributed by atoms with E-state index in [0.717, 1.165) is 4.47 Å². The van der Waals surface area contributed by atoms with Crippen LogP contribution in [0, 0.1) is 0 Å². The molecule has 2 aromatic carbocycles. The Bertz CT molecular complexity index is 677. The highest BCUT2D eigenvalue weighted by molar-refractivity contribution is 9.10. The normalized spacial score (nSPS) is 10.2. The van der Waals surface area contributed by atoms with E-state index in [4.69, 9.17) is 9.84 Å². The van der Waals surface area contributed by atoms with Gasteiger partial charge in [0, 0.05) is 16.5 Å². The topological polar surface area (TPSA) is 63.6 Å². The van der Waals surface area contributed by atoms with Crippen molar-refractivity contribution in [2.75, 3.05) is 0 Å². The number of ether oxygens (including phenoxy) is 1. The van der Waals surface area contributed by atoms with E-state index in [9.17, 15) is 9.59 Å². The molecule has 2 aromatic rings. The van der Waals surface area contributed by atoms with Crippen LogP contribution in [-0.2, 0) is 0 Å². The van der Waals surface area contributed by atoms with E-state index in [-0.39, 0.29) is 17.1 Å². The molecule has 21 heavy (non-hydrogen) atoms. The minimum absolute atomic E-state index is 0.0511. The number of hydrogen-bond donors (Lipinski definition) is 1. The summed E-state index contributed by atoms with van der Waals surface area (Å²) in [6.07, 6.45) is 0.439. The fraction of sp³-hybridized carbons (Fsp3) is 0.125. The van der Waals surface area contributed by atoms with Crippen LogP contribution in [0.1, 0.15) is 34.1 Å². The van der Waals surface area contributed by atoms with Crippen LogP contribution in [0.3, 0.4) is 0 Å². The van der Waals surface area contributed by atoms with Crippen LogP contribution >= 0.6 is 15.9 Å². The molecule has 0 aromatic heterocycles. The Labute approximate surface area is 130 Å². The molecular weight excluding hydrogens is 336 g/mol. The highest BCUT2D eigenvalue weighted by Gasteiger charge is 2.13. The number of carboxylic acids is 1. The number of ketones is 1. The van der Waals surface area contributed by atoms with E-state index < -0.39 is 5.97 Å². The largest absolute Gasteiger partial charge is 0.478 e. The average Bonchev–Trinajstić information content (AvgIpc) is 2.47. The molecule has 108 valence electrons. The highest BCUT2D eigenvalue weighted by atomic mass is 79.9. The monoisotopic (exact) mass is 348 g/mol. The molecular formula is C16H13BrO4. The molecule has 0 unspecified atom stereocenters. The van der Waals surface area contributed by atoms with Gasteiger partial charge in [0.25, 0.3) is 0 Å². The average molecular weight is 349 g/mol. The minimum Gasteiger partial charge on any atom is -0.478 e. The van der Waals surface area contributed by atoms with E-state index in [0.29, 0.717) is 17.7 Å². The molecule has 5 heteroatoms. The first-order chi connectivity index (χ1) is 10.0.